The highest BCUT2D eigenvalue weighted by molar-refractivity contribution is 5.69. The van der Waals surface area contributed by atoms with E-state index in [1.165, 1.54) is 0 Å². The molecule has 14 heavy (non-hydrogen) atoms. The molecule has 0 aromatic heterocycles. The third kappa shape index (κ3) is 3.16. The largest absolute Gasteiger partial charge is 0.443 e. The maximum absolute atomic E-state index is 11.2. The van der Waals surface area contributed by atoms with E-state index in [0.717, 1.165) is 0 Å². The molecule has 1 unspecified atom stereocenters. The summed E-state index contributed by atoms with van der Waals surface area (Å²) in [7, 11) is 0. The fourth-order valence-corrected chi connectivity index (χ4v) is 1.29. The summed E-state index contributed by atoms with van der Waals surface area (Å²) < 4.78 is 4.97. The number of carbonyl (C=O) groups excluding carboxylic acids is 1. The highest BCUT2D eigenvalue weighted by Gasteiger charge is 2.30. The number of amides is 1. The Morgan fingerprint density at radius 1 is 1.71 bits per heavy atom. The summed E-state index contributed by atoms with van der Waals surface area (Å²) in [6.07, 6.45) is 0.0216. The molecular formula is C9H18N2O3. The second-order valence-corrected chi connectivity index (χ2v) is 4.25. The van der Waals surface area contributed by atoms with E-state index >= 15 is 0 Å². The van der Waals surface area contributed by atoms with Gasteiger partial charge in [-0.1, -0.05) is 0 Å². The molecular weight excluding hydrogens is 184 g/mol. The summed E-state index contributed by atoms with van der Waals surface area (Å²) in [5, 5.41) is 9.48. The van der Waals surface area contributed by atoms with Crippen molar-refractivity contribution in [2.45, 2.75) is 32.0 Å². The number of aliphatic hydroxyl groups is 1. The van der Waals surface area contributed by atoms with Gasteiger partial charge in [0.1, 0.15) is 6.10 Å². The van der Waals surface area contributed by atoms with Crippen molar-refractivity contribution in [3.05, 3.63) is 0 Å². The van der Waals surface area contributed by atoms with Crippen LogP contribution >= 0.6 is 0 Å². The fourth-order valence-electron chi connectivity index (χ4n) is 1.29. The second-order valence-electron chi connectivity index (χ2n) is 4.25. The minimum Gasteiger partial charge on any atom is -0.443 e. The molecule has 3 N–H and O–H groups in total. The first-order valence-corrected chi connectivity index (χ1v) is 4.80. The molecule has 0 aliphatic carbocycles. The molecule has 1 aliphatic heterocycles. The van der Waals surface area contributed by atoms with Gasteiger partial charge < -0.3 is 20.5 Å². The van der Waals surface area contributed by atoms with Crippen LogP contribution in [0, 0.1) is 0 Å². The van der Waals surface area contributed by atoms with Crippen LogP contribution in [-0.4, -0.2) is 47.4 Å². The Bertz CT molecular complexity index is 213. The van der Waals surface area contributed by atoms with Crippen molar-refractivity contribution in [3.8, 4) is 0 Å². The van der Waals surface area contributed by atoms with Crippen molar-refractivity contribution in [1.29, 1.82) is 0 Å². The number of carbonyl (C=O) groups is 1. The first-order chi connectivity index (χ1) is 6.42. The molecule has 0 radical (unpaired) electrons. The number of ether oxygens (including phenoxy) is 1. The van der Waals surface area contributed by atoms with E-state index in [-0.39, 0.29) is 12.2 Å². The van der Waals surface area contributed by atoms with Crippen molar-refractivity contribution in [3.63, 3.8) is 0 Å². The number of hydrogen-bond acceptors (Lipinski definition) is 4. The van der Waals surface area contributed by atoms with Crippen LogP contribution < -0.4 is 5.73 Å². The molecule has 0 aromatic carbocycles. The molecule has 0 spiro atoms. The fraction of sp³-hybridized carbons (Fsp3) is 0.889. The predicted octanol–water partition coefficient (Wildman–Crippen LogP) is -0.0731. The van der Waals surface area contributed by atoms with Gasteiger partial charge in [0.25, 0.3) is 0 Å². The average Bonchev–Trinajstić information content (AvgIpc) is 2.42. The minimum atomic E-state index is -0.749. The Morgan fingerprint density at radius 3 is 2.79 bits per heavy atom. The minimum absolute atomic E-state index is 0.190. The Morgan fingerprint density at radius 2 is 2.36 bits per heavy atom. The Labute approximate surface area is 83.8 Å². The Balaban J connectivity index is 2.36. The number of nitrogens with two attached hydrogens (primary N) is 1. The molecule has 1 aliphatic rings. The summed E-state index contributed by atoms with van der Waals surface area (Å²) in [6, 6.07) is 0. The molecule has 1 atom stereocenters. The molecule has 1 saturated heterocycles. The van der Waals surface area contributed by atoms with Crippen LogP contribution in [0.1, 0.15) is 20.3 Å². The van der Waals surface area contributed by atoms with Gasteiger partial charge in [0.15, 0.2) is 0 Å². The van der Waals surface area contributed by atoms with E-state index in [1.54, 1.807) is 18.7 Å². The van der Waals surface area contributed by atoms with E-state index in [4.69, 9.17) is 10.5 Å². The molecule has 1 fully saturated rings. The van der Waals surface area contributed by atoms with E-state index in [0.29, 0.717) is 26.1 Å². The second kappa shape index (κ2) is 4.14. The van der Waals surface area contributed by atoms with Gasteiger partial charge in [0, 0.05) is 13.1 Å². The molecule has 0 aromatic rings. The maximum atomic E-state index is 11.2. The SMILES string of the molecule is CC(C)(O)CCN1CC(CN)OC1=O. The number of hydrogen-bond donors (Lipinski definition) is 2. The van der Waals surface area contributed by atoms with E-state index in [9.17, 15) is 9.90 Å². The number of rotatable bonds is 4. The van der Waals surface area contributed by atoms with Gasteiger partial charge in [-0.25, -0.2) is 4.79 Å². The molecule has 1 amide bonds. The first-order valence-electron chi connectivity index (χ1n) is 4.80. The van der Waals surface area contributed by atoms with Crippen LogP contribution in [0.3, 0.4) is 0 Å². The Kier molecular flexibility index (Phi) is 3.34. The summed E-state index contributed by atoms with van der Waals surface area (Å²) >= 11 is 0. The zero-order valence-corrected chi connectivity index (χ0v) is 8.69. The molecule has 82 valence electrons. The quantitative estimate of drug-likeness (QED) is 0.669. The predicted molar refractivity (Wildman–Crippen MR) is 51.8 cm³/mol. The van der Waals surface area contributed by atoms with Crippen LogP contribution in [0.15, 0.2) is 0 Å². The van der Waals surface area contributed by atoms with Gasteiger partial charge in [-0.05, 0) is 20.3 Å². The molecule has 1 rings (SSSR count). The van der Waals surface area contributed by atoms with Crippen molar-refractivity contribution < 1.29 is 14.6 Å². The summed E-state index contributed by atoms with van der Waals surface area (Å²) in [5.74, 6) is 0. The normalized spacial score (nSPS) is 22.7. The molecule has 1 heterocycles. The number of nitrogens with zero attached hydrogens (tertiary/aromatic N) is 1. The summed E-state index contributed by atoms with van der Waals surface area (Å²) in [4.78, 5) is 12.8. The lowest BCUT2D eigenvalue weighted by Gasteiger charge is -2.20. The third-order valence-electron chi connectivity index (χ3n) is 2.21. The van der Waals surface area contributed by atoms with Gasteiger partial charge in [-0.3, -0.25) is 0 Å². The lowest BCUT2D eigenvalue weighted by Crippen LogP contribution is -2.32. The van der Waals surface area contributed by atoms with E-state index in [2.05, 4.69) is 0 Å². The standard InChI is InChI=1S/C9H18N2O3/c1-9(2,13)3-4-11-6-7(5-10)14-8(11)12/h7,13H,3-6,10H2,1-2H3. The van der Waals surface area contributed by atoms with Gasteiger partial charge in [0.05, 0.1) is 12.1 Å². The average molecular weight is 202 g/mol. The van der Waals surface area contributed by atoms with Crippen LogP contribution in [0.2, 0.25) is 0 Å². The van der Waals surface area contributed by atoms with Crippen molar-refractivity contribution in [1.82, 2.24) is 4.90 Å². The van der Waals surface area contributed by atoms with Crippen LogP contribution in [-0.2, 0) is 4.74 Å². The summed E-state index contributed by atoms with van der Waals surface area (Å²) in [5.41, 5.74) is 4.64. The molecule has 0 saturated carbocycles. The monoisotopic (exact) mass is 202 g/mol. The van der Waals surface area contributed by atoms with Gasteiger partial charge in [-0.2, -0.15) is 0 Å². The maximum Gasteiger partial charge on any atom is 0.410 e. The molecule has 5 heteroatoms. The number of cyclic esters (lactones) is 1. The topological polar surface area (TPSA) is 75.8 Å². The van der Waals surface area contributed by atoms with Crippen LogP contribution in [0.25, 0.3) is 0 Å². The van der Waals surface area contributed by atoms with Crippen LogP contribution in [0.4, 0.5) is 4.79 Å². The third-order valence-corrected chi connectivity index (χ3v) is 2.21. The lowest BCUT2D eigenvalue weighted by atomic mass is 10.1. The highest BCUT2D eigenvalue weighted by Crippen LogP contribution is 2.14. The molecule has 5 nitrogen and oxygen atoms in total. The van der Waals surface area contributed by atoms with Crippen molar-refractivity contribution >= 4 is 6.09 Å². The van der Waals surface area contributed by atoms with Gasteiger partial charge >= 0.3 is 6.09 Å². The van der Waals surface area contributed by atoms with E-state index in [1.807, 2.05) is 0 Å². The van der Waals surface area contributed by atoms with E-state index < -0.39 is 5.60 Å². The molecule has 0 bridgehead atoms. The van der Waals surface area contributed by atoms with Gasteiger partial charge in [0.2, 0.25) is 0 Å². The van der Waals surface area contributed by atoms with Crippen molar-refractivity contribution in [2.24, 2.45) is 5.73 Å². The van der Waals surface area contributed by atoms with Crippen LogP contribution in [0.5, 0.6) is 0 Å². The van der Waals surface area contributed by atoms with Gasteiger partial charge in [-0.15, -0.1) is 0 Å². The Hall–Kier alpha value is -0.810. The summed E-state index contributed by atoms with van der Waals surface area (Å²) in [6.45, 7) is 4.83. The lowest BCUT2D eigenvalue weighted by molar-refractivity contribution is 0.0624. The zero-order valence-electron chi connectivity index (χ0n) is 8.69. The zero-order chi connectivity index (χ0) is 10.8. The smallest absolute Gasteiger partial charge is 0.410 e. The van der Waals surface area contributed by atoms with Crippen molar-refractivity contribution in [2.75, 3.05) is 19.6 Å². The first kappa shape index (κ1) is 11.3. The highest BCUT2D eigenvalue weighted by atomic mass is 16.6.